The molecule has 36 heavy (non-hydrogen) atoms. The molecular weight excluding hydrogens is 448 g/mol. The Balaban J connectivity index is 1.96. The minimum absolute atomic E-state index is 0.149. The lowest BCUT2D eigenvalue weighted by atomic mass is 10.00. The summed E-state index contributed by atoms with van der Waals surface area (Å²) in [5.74, 6) is 0.266. The van der Waals surface area contributed by atoms with Gasteiger partial charge in [0.15, 0.2) is 6.61 Å². The van der Waals surface area contributed by atoms with Gasteiger partial charge in [-0.1, -0.05) is 66.7 Å². The molecule has 1 atom stereocenters. The highest BCUT2D eigenvalue weighted by Crippen LogP contribution is 2.21. The molecule has 0 spiro atoms. The van der Waals surface area contributed by atoms with Crippen molar-refractivity contribution in [1.82, 2.24) is 10.2 Å². The quantitative estimate of drug-likeness (QED) is 0.432. The van der Waals surface area contributed by atoms with E-state index in [0.717, 1.165) is 27.8 Å². The number of benzene rings is 3. The minimum Gasteiger partial charge on any atom is -0.483 e. The number of carbonyl (C=O) groups excluding carboxylic acids is 2. The Labute approximate surface area is 215 Å². The van der Waals surface area contributed by atoms with Gasteiger partial charge in [0.05, 0.1) is 0 Å². The topological polar surface area (TPSA) is 58.6 Å². The first kappa shape index (κ1) is 27.0. The standard InChI is InChI=1S/C31H38N2O3/c1-22-16-17-24(3)28(18-22)36-21-29(34)33(20-26-15-11-10-12-23(26)2)27(30(35)32-31(4,5)6)19-25-13-8-7-9-14-25/h7-18,27H,19-21H2,1-6H3,(H,32,35). The Morgan fingerprint density at radius 2 is 1.56 bits per heavy atom. The van der Waals surface area contributed by atoms with Crippen LogP contribution in [-0.2, 0) is 22.6 Å². The Bertz CT molecular complexity index is 1180. The number of nitrogens with one attached hydrogen (secondary N) is 1. The van der Waals surface area contributed by atoms with Gasteiger partial charge >= 0.3 is 0 Å². The van der Waals surface area contributed by atoms with Crippen LogP contribution in [0.3, 0.4) is 0 Å². The van der Waals surface area contributed by atoms with Crippen LogP contribution in [0.5, 0.6) is 5.75 Å². The van der Waals surface area contributed by atoms with Gasteiger partial charge in [0.25, 0.3) is 5.91 Å². The molecule has 0 aliphatic carbocycles. The Morgan fingerprint density at radius 1 is 0.889 bits per heavy atom. The minimum atomic E-state index is -0.694. The average Bonchev–Trinajstić information content (AvgIpc) is 2.82. The maximum atomic E-state index is 13.8. The van der Waals surface area contributed by atoms with Crippen molar-refractivity contribution in [2.75, 3.05) is 6.61 Å². The van der Waals surface area contributed by atoms with Crippen molar-refractivity contribution in [3.8, 4) is 5.75 Å². The average molecular weight is 487 g/mol. The molecule has 0 aliphatic heterocycles. The Hall–Kier alpha value is -3.60. The van der Waals surface area contributed by atoms with Crippen molar-refractivity contribution in [2.45, 2.75) is 66.1 Å². The van der Waals surface area contributed by atoms with E-state index in [9.17, 15) is 9.59 Å². The van der Waals surface area contributed by atoms with Gasteiger partial charge in [0.2, 0.25) is 5.91 Å². The van der Waals surface area contributed by atoms with E-state index in [4.69, 9.17) is 4.74 Å². The van der Waals surface area contributed by atoms with Crippen LogP contribution in [0.1, 0.15) is 48.6 Å². The molecule has 2 amide bonds. The summed E-state index contributed by atoms with van der Waals surface area (Å²) in [5, 5.41) is 3.09. The molecule has 0 heterocycles. The maximum Gasteiger partial charge on any atom is 0.261 e. The predicted octanol–water partition coefficient (Wildman–Crippen LogP) is 5.55. The van der Waals surface area contributed by atoms with Gasteiger partial charge in [0.1, 0.15) is 11.8 Å². The fraction of sp³-hybridized carbons (Fsp3) is 0.355. The fourth-order valence-corrected chi connectivity index (χ4v) is 4.06. The van der Waals surface area contributed by atoms with Gasteiger partial charge in [-0.15, -0.1) is 0 Å². The molecule has 3 rings (SSSR count). The van der Waals surface area contributed by atoms with Crippen LogP contribution in [0.2, 0.25) is 0 Å². The van der Waals surface area contributed by atoms with Crippen LogP contribution in [0.15, 0.2) is 72.8 Å². The molecule has 0 fully saturated rings. The molecule has 0 saturated carbocycles. The van der Waals surface area contributed by atoms with Gasteiger partial charge in [-0.2, -0.15) is 0 Å². The number of amides is 2. The summed E-state index contributed by atoms with van der Waals surface area (Å²) in [7, 11) is 0. The van der Waals surface area contributed by atoms with Crippen molar-refractivity contribution in [3.63, 3.8) is 0 Å². The molecule has 190 valence electrons. The third kappa shape index (κ3) is 7.70. The van der Waals surface area contributed by atoms with Gasteiger partial charge in [-0.05, 0) is 75.4 Å². The summed E-state index contributed by atoms with van der Waals surface area (Å²) in [6, 6.07) is 23.0. The lowest BCUT2D eigenvalue weighted by molar-refractivity contribution is -0.143. The highest BCUT2D eigenvalue weighted by molar-refractivity contribution is 5.89. The van der Waals surface area contributed by atoms with Gasteiger partial charge in [-0.3, -0.25) is 9.59 Å². The number of rotatable bonds is 9. The van der Waals surface area contributed by atoms with Crippen molar-refractivity contribution >= 4 is 11.8 Å². The summed E-state index contributed by atoms with van der Waals surface area (Å²) in [6.07, 6.45) is 0.407. The second kappa shape index (κ2) is 11.9. The van der Waals surface area contributed by atoms with E-state index in [0.29, 0.717) is 18.7 Å². The normalized spacial score (nSPS) is 12.1. The number of hydrogen-bond donors (Lipinski definition) is 1. The molecule has 0 aliphatic rings. The molecule has 0 radical (unpaired) electrons. The second-order valence-electron chi connectivity index (χ2n) is 10.5. The van der Waals surface area contributed by atoms with E-state index >= 15 is 0 Å². The molecule has 3 aromatic carbocycles. The number of hydrogen-bond acceptors (Lipinski definition) is 3. The molecule has 1 N–H and O–H groups in total. The summed E-state index contributed by atoms with van der Waals surface area (Å²) in [5.41, 5.74) is 4.65. The lowest BCUT2D eigenvalue weighted by Crippen LogP contribution is -2.55. The van der Waals surface area contributed by atoms with Gasteiger partial charge in [0, 0.05) is 18.5 Å². The first-order valence-electron chi connectivity index (χ1n) is 12.4. The first-order chi connectivity index (χ1) is 17.0. The Kier molecular flexibility index (Phi) is 8.92. The third-order valence-corrected chi connectivity index (χ3v) is 6.07. The molecule has 1 unspecified atom stereocenters. The third-order valence-electron chi connectivity index (χ3n) is 6.07. The van der Waals surface area contributed by atoms with Gasteiger partial charge in [-0.25, -0.2) is 0 Å². The van der Waals surface area contributed by atoms with Crippen LogP contribution in [0, 0.1) is 20.8 Å². The SMILES string of the molecule is Cc1ccc(C)c(OCC(=O)N(Cc2ccccc2C)C(Cc2ccccc2)C(=O)NC(C)(C)C)c1. The molecule has 0 aromatic heterocycles. The molecule has 0 saturated heterocycles. The molecule has 5 nitrogen and oxygen atoms in total. The highest BCUT2D eigenvalue weighted by Gasteiger charge is 2.32. The monoisotopic (exact) mass is 486 g/mol. The highest BCUT2D eigenvalue weighted by atomic mass is 16.5. The van der Waals surface area contributed by atoms with E-state index in [1.165, 1.54) is 0 Å². The van der Waals surface area contributed by atoms with Crippen LogP contribution in [0.25, 0.3) is 0 Å². The van der Waals surface area contributed by atoms with Crippen molar-refractivity contribution in [2.24, 2.45) is 0 Å². The zero-order valence-electron chi connectivity index (χ0n) is 22.3. The van der Waals surface area contributed by atoms with Crippen molar-refractivity contribution in [1.29, 1.82) is 0 Å². The summed E-state index contributed by atoms with van der Waals surface area (Å²) in [6.45, 7) is 12.0. The Morgan fingerprint density at radius 3 is 2.22 bits per heavy atom. The van der Waals surface area contributed by atoms with Crippen molar-refractivity contribution in [3.05, 3.63) is 101 Å². The van der Waals surface area contributed by atoms with Crippen LogP contribution in [0.4, 0.5) is 0 Å². The largest absolute Gasteiger partial charge is 0.483 e. The van der Waals surface area contributed by atoms with Gasteiger partial charge < -0.3 is 15.0 Å². The zero-order chi connectivity index (χ0) is 26.3. The van der Waals surface area contributed by atoms with E-state index in [1.54, 1.807) is 4.90 Å². The fourth-order valence-electron chi connectivity index (χ4n) is 4.06. The number of aryl methyl sites for hydroxylation is 3. The van der Waals surface area contributed by atoms with Crippen LogP contribution in [-0.4, -0.2) is 34.9 Å². The van der Waals surface area contributed by atoms with Crippen LogP contribution >= 0.6 is 0 Å². The first-order valence-corrected chi connectivity index (χ1v) is 12.4. The molecular formula is C31H38N2O3. The number of carbonyl (C=O) groups is 2. The second-order valence-corrected chi connectivity index (χ2v) is 10.5. The number of ether oxygens (including phenoxy) is 1. The van der Waals surface area contributed by atoms with E-state index in [2.05, 4.69) is 5.32 Å². The molecule has 3 aromatic rings. The van der Waals surface area contributed by atoms with Crippen LogP contribution < -0.4 is 10.1 Å². The summed E-state index contributed by atoms with van der Waals surface area (Å²) >= 11 is 0. The van der Waals surface area contributed by atoms with E-state index in [1.807, 2.05) is 114 Å². The molecule has 0 bridgehead atoms. The maximum absolute atomic E-state index is 13.8. The lowest BCUT2D eigenvalue weighted by Gasteiger charge is -2.34. The summed E-state index contributed by atoms with van der Waals surface area (Å²) in [4.78, 5) is 29.0. The smallest absolute Gasteiger partial charge is 0.261 e. The zero-order valence-corrected chi connectivity index (χ0v) is 22.3. The van der Waals surface area contributed by atoms with Crippen molar-refractivity contribution < 1.29 is 14.3 Å². The predicted molar refractivity (Wildman–Crippen MR) is 145 cm³/mol. The van der Waals surface area contributed by atoms with E-state index in [-0.39, 0.29) is 18.4 Å². The molecule has 5 heteroatoms. The number of nitrogens with zero attached hydrogens (tertiary/aromatic N) is 1. The summed E-state index contributed by atoms with van der Waals surface area (Å²) < 4.78 is 5.99. The van der Waals surface area contributed by atoms with E-state index < -0.39 is 11.6 Å².